The summed E-state index contributed by atoms with van der Waals surface area (Å²) in [6.07, 6.45) is 3.23. The second kappa shape index (κ2) is 5.21. The van der Waals surface area contributed by atoms with Crippen molar-refractivity contribution in [2.24, 2.45) is 0 Å². The van der Waals surface area contributed by atoms with Crippen molar-refractivity contribution in [3.05, 3.63) is 41.9 Å². The summed E-state index contributed by atoms with van der Waals surface area (Å²) in [4.78, 5) is 8.81. The summed E-state index contributed by atoms with van der Waals surface area (Å²) >= 11 is 0. The molecule has 3 aromatic rings. The zero-order chi connectivity index (χ0) is 14.8. The van der Waals surface area contributed by atoms with E-state index in [1.165, 1.54) is 6.20 Å². The topological polar surface area (TPSA) is 76.1 Å². The number of ether oxygens (including phenoxy) is 1. The first-order chi connectivity index (χ1) is 10.3. The molecule has 3 aromatic heterocycles. The summed E-state index contributed by atoms with van der Waals surface area (Å²) < 4.78 is 7.29. The maximum absolute atomic E-state index is 9.13. The first-order valence-corrected chi connectivity index (χ1v) is 6.59. The van der Waals surface area contributed by atoms with E-state index in [-0.39, 0.29) is 0 Å². The van der Waals surface area contributed by atoms with Crippen molar-refractivity contribution in [1.29, 1.82) is 5.26 Å². The second-order valence-corrected chi connectivity index (χ2v) is 4.43. The summed E-state index contributed by atoms with van der Waals surface area (Å²) in [7, 11) is 0. The summed E-state index contributed by atoms with van der Waals surface area (Å²) in [5, 5.41) is 13.4. The Bertz CT molecular complexity index is 833. The van der Waals surface area contributed by atoms with Crippen LogP contribution < -0.4 is 4.74 Å². The number of nitrogens with zero attached hydrogens (tertiary/aromatic N) is 5. The van der Waals surface area contributed by atoms with Gasteiger partial charge >= 0.3 is 0 Å². The first-order valence-electron chi connectivity index (χ1n) is 6.59. The summed E-state index contributed by atoms with van der Waals surface area (Å²) in [5.74, 6) is 0.471. The smallest absolute Gasteiger partial charge is 0.226 e. The zero-order valence-electron chi connectivity index (χ0n) is 11.7. The van der Waals surface area contributed by atoms with Gasteiger partial charge in [-0.3, -0.25) is 4.98 Å². The fraction of sp³-hybridized carbons (Fsp3) is 0.200. The second-order valence-electron chi connectivity index (χ2n) is 4.43. The van der Waals surface area contributed by atoms with Crippen LogP contribution in [0.25, 0.3) is 16.9 Å². The van der Waals surface area contributed by atoms with Crippen LogP contribution in [0.1, 0.15) is 18.2 Å². The summed E-state index contributed by atoms with van der Waals surface area (Å²) in [5.41, 5.74) is 3.31. The molecule has 0 N–H and O–H groups in total. The Morgan fingerprint density at radius 3 is 2.90 bits per heavy atom. The zero-order valence-corrected chi connectivity index (χ0v) is 11.7. The van der Waals surface area contributed by atoms with Crippen molar-refractivity contribution < 1.29 is 4.74 Å². The van der Waals surface area contributed by atoms with Gasteiger partial charge in [0.15, 0.2) is 5.65 Å². The molecule has 0 saturated heterocycles. The lowest BCUT2D eigenvalue weighted by Gasteiger charge is -2.12. The standard InChI is InChI=1S/C15H13N5O/c1-3-21-15-13(12-6-4-5-7-17-12)10(2)20-14(19-15)11(8-16)9-18-20/h4-7,9H,3H2,1-2H3. The molecule has 0 spiro atoms. The number of hydrogen-bond acceptors (Lipinski definition) is 5. The van der Waals surface area contributed by atoms with E-state index in [2.05, 4.69) is 21.1 Å². The predicted molar refractivity (Wildman–Crippen MR) is 76.8 cm³/mol. The maximum atomic E-state index is 9.13. The predicted octanol–water partition coefficient (Wildman–Crippen LogP) is 2.37. The number of pyridine rings is 1. The monoisotopic (exact) mass is 279 g/mol. The quantitative estimate of drug-likeness (QED) is 0.735. The van der Waals surface area contributed by atoms with Crippen LogP contribution in [0.15, 0.2) is 30.6 Å². The Kier molecular flexibility index (Phi) is 3.24. The van der Waals surface area contributed by atoms with Gasteiger partial charge < -0.3 is 4.74 Å². The number of aromatic nitrogens is 4. The van der Waals surface area contributed by atoms with E-state index < -0.39 is 0 Å². The Morgan fingerprint density at radius 2 is 2.24 bits per heavy atom. The van der Waals surface area contributed by atoms with Gasteiger partial charge in [-0.05, 0) is 26.0 Å². The van der Waals surface area contributed by atoms with Gasteiger partial charge in [0.25, 0.3) is 0 Å². The van der Waals surface area contributed by atoms with Gasteiger partial charge in [0.1, 0.15) is 11.6 Å². The molecule has 0 bridgehead atoms. The lowest BCUT2D eigenvalue weighted by Crippen LogP contribution is -2.05. The van der Waals surface area contributed by atoms with Gasteiger partial charge in [-0.25, -0.2) is 4.52 Å². The molecule has 0 aromatic carbocycles. The minimum absolute atomic E-state index is 0.423. The first kappa shape index (κ1) is 13.1. The van der Waals surface area contributed by atoms with Crippen molar-refractivity contribution in [3.8, 4) is 23.2 Å². The fourth-order valence-electron chi connectivity index (χ4n) is 2.23. The molecule has 0 aliphatic rings. The van der Waals surface area contributed by atoms with Gasteiger partial charge in [-0.15, -0.1) is 0 Å². The Hall–Kier alpha value is -2.94. The normalized spacial score (nSPS) is 10.5. The number of rotatable bonds is 3. The molecule has 0 saturated carbocycles. The highest BCUT2D eigenvalue weighted by molar-refractivity contribution is 5.71. The third-order valence-corrected chi connectivity index (χ3v) is 3.17. The van der Waals surface area contributed by atoms with Crippen molar-refractivity contribution in [2.45, 2.75) is 13.8 Å². The van der Waals surface area contributed by atoms with Crippen molar-refractivity contribution >= 4 is 5.65 Å². The molecule has 0 fully saturated rings. The number of nitriles is 1. The van der Waals surface area contributed by atoms with E-state index in [0.717, 1.165) is 17.0 Å². The average Bonchev–Trinajstić information content (AvgIpc) is 2.92. The molecule has 0 radical (unpaired) electrons. The van der Waals surface area contributed by atoms with Crippen LogP contribution in [-0.2, 0) is 0 Å². The van der Waals surface area contributed by atoms with Gasteiger partial charge in [0.2, 0.25) is 5.88 Å². The summed E-state index contributed by atoms with van der Waals surface area (Å²) in [6, 6.07) is 7.75. The van der Waals surface area contributed by atoms with Crippen LogP contribution in [0.3, 0.4) is 0 Å². The molecular formula is C15H13N5O. The van der Waals surface area contributed by atoms with Crippen molar-refractivity contribution in [3.63, 3.8) is 0 Å². The number of fused-ring (bicyclic) bond motifs is 1. The minimum atomic E-state index is 0.423. The Balaban J connectivity index is 2.35. The molecule has 0 amide bonds. The van der Waals surface area contributed by atoms with Crippen LogP contribution >= 0.6 is 0 Å². The van der Waals surface area contributed by atoms with E-state index in [1.54, 1.807) is 10.7 Å². The highest BCUT2D eigenvalue weighted by Crippen LogP contribution is 2.31. The lowest BCUT2D eigenvalue weighted by atomic mass is 10.1. The van der Waals surface area contributed by atoms with Crippen LogP contribution in [0.4, 0.5) is 0 Å². The molecule has 6 heteroatoms. The molecule has 21 heavy (non-hydrogen) atoms. The maximum Gasteiger partial charge on any atom is 0.226 e. The largest absolute Gasteiger partial charge is 0.477 e. The Labute approximate surface area is 121 Å². The number of hydrogen-bond donors (Lipinski definition) is 0. The van der Waals surface area contributed by atoms with Crippen LogP contribution in [0.2, 0.25) is 0 Å². The molecule has 0 unspecified atom stereocenters. The summed E-state index contributed by atoms with van der Waals surface area (Å²) in [6.45, 7) is 4.29. The van der Waals surface area contributed by atoms with Crippen molar-refractivity contribution in [1.82, 2.24) is 19.6 Å². The van der Waals surface area contributed by atoms with E-state index in [1.807, 2.05) is 32.0 Å². The van der Waals surface area contributed by atoms with Crippen LogP contribution in [0.5, 0.6) is 5.88 Å². The fourth-order valence-corrected chi connectivity index (χ4v) is 2.23. The van der Waals surface area contributed by atoms with Crippen LogP contribution in [-0.4, -0.2) is 26.2 Å². The van der Waals surface area contributed by atoms with Gasteiger partial charge in [-0.2, -0.15) is 15.3 Å². The molecule has 6 nitrogen and oxygen atoms in total. The van der Waals surface area contributed by atoms with E-state index in [4.69, 9.17) is 10.00 Å². The molecule has 0 aliphatic heterocycles. The SMILES string of the molecule is CCOc1nc2c(C#N)cnn2c(C)c1-c1ccccn1. The van der Waals surface area contributed by atoms with E-state index in [9.17, 15) is 0 Å². The van der Waals surface area contributed by atoms with E-state index in [0.29, 0.717) is 23.7 Å². The minimum Gasteiger partial charge on any atom is -0.477 e. The molecule has 104 valence electrons. The van der Waals surface area contributed by atoms with Crippen molar-refractivity contribution in [2.75, 3.05) is 6.61 Å². The van der Waals surface area contributed by atoms with E-state index >= 15 is 0 Å². The van der Waals surface area contributed by atoms with Crippen LogP contribution in [0, 0.1) is 18.3 Å². The highest BCUT2D eigenvalue weighted by Gasteiger charge is 2.18. The molecule has 3 heterocycles. The molecule has 0 atom stereocenters. The van der Waals surface area contributed by atoms with Gasteiger partial charge in [0.05, 0.1) is 29.8 Å². The molecule has 3 rings (SSSR count). The number of aryl methyl sites for hydroxylation is 1. The highest BCUT2D eigenvalue weighted by atomic mass is 16.5. The van der Waals surface area contributed by atoms with Gasteiger partial charge in [0, 0.05) is 6.20 Å². The average molecular weight is 279 g/mol. The molecule has 0 aliphatic carbocycles. The molecular weight excluding hydrogens is 266 g/mol. The Morgan fingerprint density at radius 1 is 1.38 bits per heavy atom. The third-order valence-electron chi connectivity index (χ3n) is 3.17. The lowest BCUT2D eigenvalue weighted by molar-refractivity contribution is 0.328. The third kappa shape index (κ3) is 2.09. The van der Waals surface area contributed by atoms with Gasteiger partial charge in [-0.1, -0.05) is 6.07 Å².